The summed E-state index contributed by atoms with van der Waals surface area (Å²) in [6, 6.07) is 3.82. The van der Waals surface area contributed by atoms with Crippen LogP contribution in [0.3, 0.4) is 0 Å². The van der Waals surface area contributed by atoms with Gasteiger partial charge in [-0.25, -0.2) is 0 Å². The highest BCUT2D eigenvalue weighted by Crippen LogP contribution is 2.38. The molecule has 0 saturated heterocycles. The Morgan fingerprint density at radius 1 is 1.31 bits per heavy atom. The van der Waals surface area contributed by atoms with Gasteiger partial charge in [0.25, 0.3) is 0 Å². The fraction of sp³-hybridized carbons (Fsp3) is 0.455. The van der Waals surface area contributed by atoms with E-state index in [1.807, 2.05) is 0 Å². The van der Waals surface area contributed by atoms with Gasteiger partial charge in [-0.15, -0.1) is 0 Å². The van der Waals surface area contributed by atoms with Crippen molar-refractivity contribution in [3.63, 3.8) is 0 Å². The first-order chi connectivity index (χ1) is 7.30. The molecule has 0 atom stereocenters. The SMILES string of the molecule is NC1(Cc2ccc(C(F)(F)F)c(Cl)c2)CC1. The van der Waals surface area contributed by atoms with Crippen molar-refractivity contribution in [3.05, 3.63) is 34.3 Å². The van der Waals surface area contributed by atoms with Crippen LogP contribution in [0.2, 0.25) is 5.02 Å². The van der Waals surface area contributed by atoms with Crippen LogP contribution in [0.25, 0.3) is 0 Å². The van der Waals surface area contributed by atoms with Gasteiger partial charge >= 0.3 is 6.18 Å². The number of rotatable bonds is 2. The van der Waals surface area contributed by atoms with Crippen LogP contribution in [0, 0.1) is 0 Å². The van der Waals surface area contributed by atoms with Crippen LogP contribution in [0.15, 0.2) is 18.2 Å². The molecule has 0 radical (unpaired) electrons. The molecule has 0 heterocycles. The molecule has 1 nitrogen and oxygen atoms in total. The molecule has 0 bridgehead atoms. The topological polar surface area (TPSA) is 26.0 Å². The zero-order valence-electron chi connectivity index (χ0n) is 8.44. The summed E-state index contributed by atoms with van der Waals surface area (Å²) in [6.07, 6.45) is -1.96. The fourth-order valence-electron chi connectivity index (χ4n) is 1.64. The van der Waals surface area contributed by atoms with Crippen LogP contribution in [-0.4, -0.2) is 5.54 Å². The number of hydrogen-bond acceptors (Lipinski definition) is 1. The highest BCUT2D eigenvalue weighted by molar-refractivity contribution is 6.31. The molecule has 1 aromatic carbocycles. The van der Waals surface area contributed by atoms with Gasteiger partial charge in [0, 0.05) is 5.54 Å². The summed E-state index contributed by atoms with van der Waals surface area (Å²) in [5, 5.41) is -0.255. The highest BCUT2D eigenvalue weighted by Gasteiger charge is 2.38. The molecular weight excluding hydrogens is 239 g/mol. The predicted molar refractivity (Wildman–Crippen MR) is 56.3 cm³/mol. The van der Waals surface area contributed by atoms with Gasteiger partial charge < -0.3 is 5.73 Å². The molecule has 1 aliphatic rings. The van der Waals surface area contributed by atoms with Crippen molar-refractivity contribution in [2.45, 2.75) is 31.0 Å². The summed E-state index contributed by atoms with van der Waals surface area (Å²) < 4.78 is 37.3. The molecule has 2 rings (SSSR count). The Labute approximate surface area is 96.4 Å². The Hall–Kier alpha value is -0.740. The van der Waals surface area contributed by atoms with Crippen molar-refractivity contribution in [2.75, 3.05) is 0 Å². The molecule has 88 valence electrons. The third-order valence-corrected chi connectivity index (χ3v) is 3.10. The molecular formula is C11H11ClF3N. The maximum atomic E-state index is 12.4. The molecule has 0 aliphatic heterocycles. The first kappa shape index (κ1) is 11.7. The lowest BCUT2D eigenvalue weighted by molar-refractivity contribution is -0.137. The Morgan fingerprint density at radius 2 is 1.94 bits per heavy atom. The first-order valence-corrected chi connectivity index (χ1v) is 5.32. The van der Waals surface area contributed by atoms with Crippen LogP contribution in [0.4, 0.5) is 13.2 Å². The van der Waals surface area contributed by atoms with E-state index in [4.69, 9.17) is 17.3 Å². The molecule has 1 saturated carbocycles. The molecule has 2 N–H and O–H groups in total. The average molecular weight is 250 g/mol. The van der Waals surface area contributed by atoms with E-state index < -0.39 is 11.7 Å². The highest BCUT2D eigenvalue weighted by atomic mass is 35.5. The second kappa shape index (κ2) is 3.64. The second-order valence-electron chi connectivity index (χ2n) is 4.35. The maximum absolute atomic E-state index is 12.4. The van der Waals surface area contributed by atoms with Crippen molar-refractivity contribution in [2.24, 2.45) is 5.73 Å². The standard InChI is InChI=1S/C11H11ClF3N/c12-9-5-7(6-10(16)3-4-10)1-2-8(9)11(13,14)15/h1-2,5H,3-4,6,16H2. The largest absolute Gasteiger partial charge is 0.417 e. The maximum Gasteiger partial charge on any atom is 0.417 e. The van der Waals surface area contributed by atoms with Gasteiger partial charge in [-0.05, 0) is 37.0 Å². The molecule has 1 aliphatic carbocycles. The monoisotopic (exact) mass is 249 g/mol. The van der Waals surface area contributed by atoms with Crippen molar-refractivity contribution < 1.29 is 13.2 Å². The van der Waals surface area contributed by atoms with Gasteiger partial charge in [-0.3, -0.25) is 0 Å². The van der Waals surface area contributed by atoms with Crippen LogP contribution in [-0.2, 0) is 12.6 Å². The zero-order chi connectivity index (χ0) is 12.0. The zero-order valence-corrected chi connectivity index (χ0v) is 9.20. The van der Waals surface area contributed by atoms with E-state index in [9.17, 15) is 13.2 Å². The Morgan fingerprint density at radius 3 is 2.38 bits per heavy atom. The van der Waals surface area contributed by atoms with E-state index in [0.717, 1.165) is 24.5 Å². The minimum Gasteiger partial charge on any atom is -0.325 e. The Kier molecular flexibility index (Phi) is 2.67. The van der Waals surface area contributed by atoms with Gasteiger partial charge in [0.15, 0.2) is 0 Å². The predicted octanol–water partition coefficient (Wildman–Crippen LogP) is 3.39. The molecule has 1 aromatic rings. The summed E-state index contributed by atoms with van der Waals surface area (Å²) in [4.78, 5) is 0. The number of nitrogens with two attached hydrogens (primary N) is 1. The minimum absolute atomic E-state index is 0.219. The van der Waals surface area contributed by atoms with E-state index in [1.54, 1.807) is 0 Å². The number of hydrogen-bond donors (Lipinski definition) is 1. The fourth-order valence-corrected chi connectivity index (χ4v) is 1.95. The summed E-state index contributed by atoms with van der Waals surface area (Å²) in [5.41, 5.74) is 5.64. The molecule has 0 spiro atoms. The third-order valence-electron chi connectivity index (χ3n) is 2.79. The summed E-state index contributed by atoms with van der Waals surface area (Å²) in [5.74, 6) is 0. The lowest BCUT2D eigenvalue weighted by Gasteiger charge is -2.12. The number of benzene rings is 1. The van der Waals surface area contributed by atoms with Crippen molar-refractivity contribution in [1.82, 2.24) is 0 Å². The normalized spacial score (nSPS) is 18.6. The summed E-state index contributed by atoms with van der Waals surface area (Å²) in [7, 11) is 0. The molecule has 0 amide bonds. The minimum atomic E-state index is -4.39. The van der Waals surface area contributed by atoms with Crippen molar-refractivity contribution in [3.8, 4) is 0 Å². The van der Waals surface area contributed by atoms with Gasteiger partial charge in [-0.2, -0.15) is 13.2 Å². The smallest absolute Gasteiger partial charge is 0.325 e. The van der Waals surface area contributed by atoms with Crippen LogP contribution in [0.1, 0.15) is 24.0 Å². The van der Waals surface area contributed by atoms with E-state index in [-0.39, 0.29) is 10.6 Å². The van der Waals surface area contributed by atoms with Crippen LogP contribution in [0.5, 0.6) is 0 Å². The average Bonchev–Trinajstić information content (AvgIpc) is 2.80. The quantitative estimate of drug-likeness (QED) is 0.854. The van der Waals surface area contributed by atoms with E-state index in [0.29, 0.717) is 6.42 Å². The van der Waals surface area contributed by atoms with Gasteiger partial charge in [0.1, 0.15) is 0 Å². The van der Waals surface area contributed by atoms with Gasteiger partial charge in [-0.1, -0.05) is 17.7 Å². The van der Waals surface area contributed by atoms with E-state index in [1.165, 1.54) is 12.1 Å². The number of alkyl halides is 3. The number of halogens is 4. The first-order valence-electron chi connectivity index (χ1n) is 4.95. The van der Waals surface area contributed by atoms with Crippen LogP contribution >= 0.6 is 11.6 Å². The molecule has 1 fully saturated rings. The van der Waals surface area contributed by atoms with Crippen molar-refractivity contribution >= 4 is 11.6 Å². The van der Waals surface area contributed by atoms with Crippen LogP contribution < -0.4 is 5.73 Å². The molecule has 16 heavy (non-hydrogen) atoms. The molecule has 5 heteroatoms. The van der Waals surface area contributed by atoms with E-state index >= 15 is 0 Å². The Bertz CT molecular complexity index is 410. The van der Waals surface area contributed by atoms with Gasteiger partial charge in [0.2, 0.25) is 0 Å². The molecule has 0 unspecified atom stereocenters. The Balaban J connectivity index is 2.22. The second-order valence-corrected chi connectivity index (χ2v) is 4.76. The summed E-state index contributed by atoms with van der Waals surface area (Å²) >= 11 is 5.60. The van der Waals surface area contributed by atoms with Crippen molar-refractivity contribution in [1.29, 1.82) is 0 Å². The summed E-state index contributed by atoms with van der Waals surface area (Å²) in [6.45, 7) is 0. The lowest BCUT2D eigenvalue weighted by atomic mass is 10.0. The van der Waals surface area contributed by atoms with E-state index in [2.05, 4.69) is 0 Å². The third kappa shape index (κ3) is 2.50. The lowest BCUT2D eigenvalue weighted by Crippen LogP contribution is -2.24. The van der Waals surface area contributed by atoms with Gasteiger partial charge in [0.05, 0.1) is 10.6 Å². The molecule has 0 aromatic heterocycles.